The van der Waals surface area contributed by atoms with Crippen molar-refractivity contribution >= 4 is 5.97 Å². The standard InChI is InChI=1S/C15H30O4/c1-15(2,3)19-14(17)13-18-12-10-8-6-4-5-7-9-11-16/h16H,4-13H2,1-3H3. The number of hydrogen-bond donors (Lipinski definition) is 1. The zero-order valence-electron chi connectivity index (χ0n) is 12.7. The minimum atomic E-state index is -0.436. The average Bonchev–Trinajstić information content (AvgIpc) is 2.29. The Morgan fingerprint density at radius 2 is 1.47 bits per heavy atom. The number of esters is 1. The van der Waals surface area contributed by atoms with Crippen molar-refractivity contribution in [3.05, 3.63) is 0 Å². The van der Waals surface area contributed by atoms with Crippen LogP contribution in [0.1, 0.15) is 65.7 Å². The van der Waals surface area contributed by atoms with Gasteiger partial charge in [-0.05, 0) is 33.6 Å². The molecule has 1 N–H and O–H groups in total. The third kappa shape index (κ3) is 15.3. The van der Waals surface area contributed by atoms with Crippen LogP contribution in [0.3, 0.4) is 0 Å². The average molecular weight is 274 g/mol. The Morgan fingerprint density at radius 3 is 2.00 bits per heavy atom. The summed E-state index contributed by atoms with van der Waals surface area (Å²) in [6.07, 6.45) is 7.76. The lowest BCUT2D eigenvalue weighted by Gasteiger charge is -2.19. The Kier molecular flexibility index (Phi) is 10.9. The Bertz CT molecular complexity index is 221. The minimum Gasteiger partial charge on any atom is -0.458 e. The Balaban J connectivity index is 3.21. The molecule has 0 aromatic carbocycles. The monoisotopic (exact) mass is 274 g/mol. The van der Waals surface area contributed by atoms with Crippen LogP contribution in [-0.4, -0.2) is 36.5 Å². The molecular weight excluding hydrogens is 244 g/mol. The highest BCUT2D eigenvalue weighted by molar-refractivity contribution is 5.71. The van der Waals surface area contributed by atoms with E-state index in [4.69, 9.17) is 14.6 Å². The summed E-state index contributed by atoms with van der Waals surface area (Å²) in [6, 6.07) is 0. The largest absolute Gasteiger partial charge is 0.458 e. The zero-order valence-corrected chi connectivity index (χ0v) is 12.7. The van der Waals surface area contributed by atoms with Crippen LogP contribution in [0.25, 0.3) is 0 Å². The van der Waals surface area contributed by atoms with Crippen LogP contribution in [0.15, 0.2) is 0 Å². The third-order valence-electron chi connectivity index (χ3n) is 2.59. The number of aliphatic hydroxyl groups excluding tert-OH is 1. The van der Waals surface area contributed by atoms with E-state index in [9.17, 15) is 4.79 Å². The van der Waals surface area contributed by atoms with Crippen molar-refractivity contribution in [2.24, 2.45) is 0 Å². The fourth-order valence-electron chi connectivity index (χ4n) is 1.73. The van der Waals surface area contributed by atoms with Crippen molar-refractivity contribution < 1.29 is 19.4 Å². The molecule has 0 fully saturated rings. The van der Waals surface area contributed by atoms with Crippen molar-refractivity contribution in [3.63, 3.8) is 0 Å². The first-order chi connectivity index (χ1) is 8.95. The molecule has 0 heterocycles. The van der Waals surface area contributed by atoms with E-state index in [-0.39, 0.29) is 12.6 Å². The molecule has 0 spiro atoms. The molecule has 0 unspecified atom stereocenters. The minimum absolute atomic E-state index is 0.0494. The van der Waals surface area contributed by atoms with E-state index in [0.29, 0.717) is 13.2 Å². The predicted octanol–water partition coefficient (Wildman–Crippen LogP) is 3.07. The van der Waals surface area contributed by atoms with Crippen LogP contribution in [0.5, 0.6) is 0 Å². The van der Waals surface area contributed by atoms with Crippen molar-refractivity contribution in [1.29, 1.82) is 0 Å². The van der Waals surface area contributed by atoms with Crippen LogP contribution in [0.2, 0.25) is 0 Å². The van der Waals surface area contributed by atoms with E-state index >= 15 is 0 Å². The number of hydrogen-bond acceptors (Lipinski definition) is 4. The summed E-state index contributed by atoms with van der Waals surface area (Å²) in [5, 5.41) is 8.63. The molecule has 0 radical (unpaired) electrons. The first-order valence-electron chi connectivity index (χ1n) is 7.36. The van der Waals surface area contributed by atoms with E-state index < -0.39 is 5.60 Å². The van der Waals surface area contributed by atoms with Crippen LogP contribution in [0, 0.1) is 0 Å². The van der Waals surface area contributed by atoms with Gasteiger partial charge in [0.15, 0.2) is 0 Å². The Hall–Kier alpha value is -0.610. The van der Waals surface area contributed by atoms with Gasteiger partial charge in [-0.15, -0.1) is 0 Å². The highest BCUT2D eigenvalue weighted by atomic mass is 16.6. The normalized spacial score (nSPS) is 11.6. The van der Waals surface area contributed by atoms with Gasteiger partial charge in [-0.25, -0.2) is 4.79 Å². The van der Waals surface area contributed by atoms with Crippen LogP contribution in [-0.2, 0) is 14.3 Å². The van der Waals surface area contributed by atoms with E-state index in [0.717, 1.165) is 25.7 Å². The highest BCUT2D eigenvalue weighted by Crippen LogP contribution is 2.08. The molecule has 114 valence electrons. The molecule has 4 heteroatoms. The van der Waals surface area contributed by atoms with Crippen LogP contribution >= 0.6 is 0 Å². The highest BCUT2D eigenvalue weighted by Gasteiger charge is 2.15. The molecule has 0 saturated carbocycles. The number of carbonyl (C=O) groups is 1. The number of rotatable bonds is 11. The fourth-order valence-corrected chi connectivity index (χ4v) is 1.73. The molecule has 0 bridgehead atoms. The molecule has 0 aliphatic heterocycles. The third-order valence-corrected chi connectivity index (χ3v) is 2.59. The SMILES string of the molecule is CC(C)(C)OC(=O)COCCCCCCCCCO. The molecule has 0 amide bonds. The molecule has 19 heavy (non-hydrogen) atoms. The number of carbonyl (C=O) groups excluding carboxylic acids is 1. The van der Waals surface area contributed by atoms with Gasteiger partial charge >= 0.3 is 5.97 Å². The lowest BCUT2D eigenvalue weighted by molar-refractivity contribution is -0.160. The second-order valence-electron chi connectivity index (χ2n) is 5.84. The van der Waals surface area contributed by atoms with Crippen molar-refractivity contribution in [2.45, 2.75) is 71.3 Å². The van der Waals surface area contributed by atoms with Gasteiger partial charge in [0.1, 0.15) is 12.2 Å². The molecule has 4 nitrogen and oxygen atoms in total. The van der Waals surface area contributed by atoms with Gasteiger partial charge < -0.3 is 14.6 Å². The fraction of sp³-hybridized carbons (Fsp3) is 0.933. The topological polar surface area (TPSA) is 55.8 Å². The van der Waals surface area contributed by atoms with E-state index in [1.54, 1.807) is 0 Å². The van der Waals surface area contributed by atoms with Crippen molar-refractivity contribution in [2.75, 3.05) is 19.8 Å². The van der Waals surface area contributed by atoms with Crippen LogP contribution in [0.4, 0.5) is 0 Å². The van der Waals surface area contributed by atoms with Gasteiger partial charge in [0.2, 0.25) is 0 Å². The summed E-state index contributed by atoms with van der Waals surface area (Å²) in [5.41, 5.74) is -0.436. The number of unbranched alkanes of at least 4 members (excludes halogenated alkanes) is 6. The zero-order chi connectivity index (χ0) is 14.6. The smallest absolute Gasteiger partial charge is 0.332 e. The van der Waals surface area contributed by atoms with Gasteiger partial charge in [0.05, 0.1) is 0 Å². The van der Waals surface area contributed by atoms with E-state index in [1.165, 1.54) is 19.3 Å². The molecule has 0 rings (SSSR count). The maximum absolute atomic E-state index is 11.3. The number of aliphatic hydroxyl groups is 1. The summed E-state index contributed by atoms with van der Waals surface area (Å²) >= 11 is 0. The van der Waals surface area contributed by atoms with Gasteiger partial charge in [0, 0.05) is 13.2 Å². The van der Waals surface area contributed by atoms with Gasteiger partial charge in [-0.1, -0.05) is 32.1 Å². The Labute approximate surface area is 117 Å². The maximum Gasteiger partial charge on any atom is 0.332 e. The van der Waals surface area contributed by atoms with E-state index in [2.05, 4.69) is 0 Å². The van der Waals surface area contributed by atoms with Crippen LogP contribution < -0.4 is 0 Å². The summed E-state index contributed by atoms with van der Waals surface area (Å²) in [6.45, 7) is 6.52. The molecule has 0 atom stereocenters. The van der Waals surface area contributed by atoms with Crippen molar-refractivity contribution in [3.8, 4) is 0 Å². The first-order valence-corrected chi connectivity index (χ1v) is 7.36. The summed E-state index contributed by atoms with van der Waals surface area (Å²) in [7, 11) is 0. The summed E-state index contributed by atoms with van der Waals surface area (Å²) < 4.78 is 10.4. The molecule has 0 saturated heterocycles. The molecule has 0 aromatic heterocycles. The molecule has 0 aliphatic carbocycles. The Morgan fingerprint density at radius 1 is 0.947 bits per heavy atom. The lowest BCUT2D eigenvalue weighted by Crippen LogP contribution is -2.26. The predicted molar refractivity (Wildman–Crippen MR) is 76.1 cm³/mol. The first kappa shape index (κ1) is 18.4. The number of ether oxygens (including phenoxy) is 2. The summed E-state index contributed by atoms with van der Waals surface area (Å²) in [4.78, 5) is 11.3. The summed E-state index contributed by atoms with van der Waals surface area (Å²) in [5.74, 6) is -0.295. The lowest BCUT2D eigenvalue weighted by atomic mass is 10.1. The van der Waals surface area contributed by atoms with Gasteiger partial charge in [-0.3, -0.25) is 0 Å². The molecule has 0 aliphatic rings. The quantitative estimate of drug-likeness (QED) is 0.465. The molecule has 0 aromatic rings. The molecular formula is C15H30O4. The maximum atomic E-state index is 11.3. The second-order valence-corrected chi connectivity index (χ2v) is 5.84. The van der Waals surface area contributed by atoms with Gasteiger partial charge in [-0.2, -0.15) is 0 Å². The second kappa shape index (κ2) is 11.2. The van der Waals surface area contributed by atoms with Crippen molar-refractivity contribution in [1.82, 2.24) is 0 Å². The van der Waals surface area contributed by atoms with Gasteiger partial charge in [0.25, 0.3) is 0 Å². The van der Waals surface area contributed by atoms with E-state index in [1.807, 2.05) is 20.8 Å².